The Labute approximate surface area is 194 Å². The molecule has 2 aromatic carbocycles. The second-order valence-corrected chi connectivity index (χ2v) is 8.88. The van der Waals surface area contributed by atoms with E-state index in [0.29, 0.717) is 37.0 Å². The van der Waals surface area contributed by atoms with Crippen molar-refractivity contribution in [3.05, 3.63) is 59.7 Å². The van der Waals surface area contributed by atoms with Gasteiger partial charge in [-0.15, -0.1) is 10.2 Å². The van der Waals surface area contributed by atoms with Crippen molar-refractivity contribution >= 4 is 23.4 Å². The third-order valence-corrected chi connectivity index (χ3v) is 6.61. The minimum absolute atomic E-state index is 0.0243. The molecule has 0 radical (unpaired) electrons. The molecule has 0 saturated carbocycles. The number of benzene rings is 2. The molecule has 174 valence electrons. The lowest BCUT2D eigenvalue weighted by molar-refractivity contribution is -0.137. The molecule has 1 aliphatic heterocycles. The third-order valence-electron chi connectivity index (χ3n) is 5.61. The van der Waals surface area contributed by atoms with Crippen LogP contribution in [0.2, 0.25) is 0 Å². The van der Waals surface area contributed by atoms with Crippen LogP contribution in [-0.2, 0) is 18.0 Å². The summed E-state index contributed by atoms with van der Waals surface area (Å²) in [6, 6.07) is 13.3. The number of hydrogen-bond donors (Lipinski definition) is 0. The number of carbonyl (C=O) groups excluding carboxylic acids is 1. The molecule has 1 aromatic heterocycles. The molecule has 10 heteroatoms. The van der Waals surface area contributed by atoms with Crippen LogP contribution >= 0.6 is 11.8 Å². The fourth-order valence-electron chi connectivity index (χ4n) is 3.79. The van der Waals surface area contributed by atoms with Gasteiger partial charge in [0, 0.05) is 44.5 Å². The number of amides is 1. The maximum absolute atomic E-state index is 13.0. The Balaban J connectivity index is 1.32. The zero-order chi connectivity index (χ0) is 23.6. The molecular formula is C23H24F3N5OS. The van der Waals surface area contributed by atoms with Crippen LogP contribution in [-0.4, -0.2) is 57.5 Å². The van der Waals surface area contributed by atoms with E-state index in [4.69, 9.17) is 0 Å². The molecule has 1 amide bonds. The lowest BCUT2D eigenvalue weighted by atomic mass is 10.1. The highest BCUT2D eigenvalue weighted by molar-refractivity contribution is 7.99. The Kier molecular flexibility index (Phi) is 6.64. The molecule has 0 N–H and O–H groups in total. The summed E-state index contributed by atoms with van der Waals surface area (Å²) >= 11 is 1.33. The van der Waals surface area contributed by atoms with E-state index in [1.807, 2.05) is 47.7 Å². The molecule has 1 fully saturated rings. The molecule has 0 unspecified atom stereocenters. The number of alkyl halides is 3. The average molecular weight is 476 g/mol. The highest BCUT2D eigenvalue weighted by atomic mass is 32.2. The second-order valence-electron chi connectivity index (χ2n) is 7.94. The molecule has 0 bridgehead atoms. The van der Waals surface area contributed by atoms with Crippen LogP contribution < -0.4 is 4.90 Å². The van der Waals surface area contributed by atoms with Crippen LogP contribution in [0.25, 0.3) is 11.4 Å². The smallest absolute Gasteiger partial charge is 0.368 e. The molecule has 0 atom stereocenters. The van der Waals surface area contributed by atoms with E-state index < -0.39 is 11.7 Å². The zero-order valence-electron chi connectivity index (χ0n) is 18.3. The van der Waals surface area contributed by atoms with Crippen molar-refractivity contribution in [3.63, 3.8) is 0 Å². The van der Waals surface area contributed by atoms with Crippen molar-refractivity contribution < 1.29 is 18.0 Å². The first kappa shape index (κ1) is 23.2. The summed E-state index contributed by atoms with van der Waals surface area (Å²) in [6.45, 7) is 3.91. The molecule has 0 spiro atoms. The van der Waals surface area contributed by atoms with E-state index in [0.717, 1.165) is 29.1 Å². The van der Waals surface area contributed by atoms with Gasteiger partial charge < -0.3 is 14.4 Å². The largest absolute Gasteiger partial charge is 0.416 e. The number of hydrogen-bond acceptors (Lipinski definition) is 5. The predicted molar refractivity (Wildman–Crippen MR) is 122 cm³/mol. The van der Waals surface area contributed by atoms with Gasteiger partial charge in [0.05, 0.1) is 11.3 Å². The van der Waals surface area contributed by atoms with Crippen molar-refractivity contribution in [2.45, 2.75) is 18.3 Å². The molecule has 2 heterocycles. The number of carbonyl (C=O) groups is 1. The Bertz CT molecular complexity index is 1140. The number of thioether (sulfide) groups is 1. The topological polar surface area (TPSA) is 54.3 Å². The number of aryl methyl sites for hydroxylation is 1. The van der Waals surface area contributed by atoms with Gasteiger partial charge in [-0.05, 0) is 31.2 Å². The molecule has 6 nitrogen and oxygen atoms in total. The van der Waals surface area contributed by atoms with Gasteiger partial charge in [0.2, 0.25) is 5.91 Å². The van der Waals surface area contributed by atoms with Gasteiger partial charge in [0.25, 0.3) is 0 Å². The van der Waals surface area contributed by atoms with Crippen LogP contribution in [0.1, 0.15) is 11.1 Å². The van der Waals surface area contributed by atoms with Gasteiger partial charge in [-0.2, -0.15) is 13.2 Å². The van der Waals surface area contributed by atoms with Crippen LogP contribution in [0, 0.1) is 6.92 Å². The lowest BCUT2D eigenvalue weighted by Crippen LogP contribution is -2.49. The fourth-order valence-corrected chi connectivity index (χ4v) is 4.60. The molecule has 3 aromatic rings. The zero-order valence-corrected chi connectivity index (χ0v) is 19.2. The van der Waals surface area contributed by atoms with Crippen LogP contribution in [0.15, 0.2) is 53.7 Å². The van der Waals surface area contributed by atoms with Crippen LogP contribution in [0.4, 0.5) is 18.9 Å². The summed E-state index contributed by atoms with van der Waals surface area (Å²) in [6.07, 6.45) is -4.37. The Hall–Kier alpha value is -3.01. The summed E-state index contributed by atoms with van der Waals surface area (Å²) in [5.41, 5.74) is 1.95. The Morgan fingerprint density at radius 3 is 2.45 bits per heavy atom. The van der Waals surface area contributed by atoms with Crippen molar-refractivity contribution in [3.8, 4) is 11.4 Å². The summed E-state index contributed by atoms with van der Waals surface area (Å²) in [7, 11) is 1.87. The van der Waals surface area contributed by atoms with Gasteiger partial charge in [-0.25, -0.2) is 0 Å². The Morgan fingerprint density at radius 1 is 1.03 bits per heavy atom. The van der Waals surface area contributed by atoms with Crippen molar-refractivity contribution in [1.82, 2.24) is 19.7 Å². The summed E-state index contributed by atoms with van der Waals surface area (Å²) in [5, 5.41) is 9.14. The third kappa shape index (κ3) is 5.32. The molecular weight excluding hydrogens is 451 g/mol. The molecule has 4 rings (SSSR count). The van der Waals surface area contributed by atoms with Crippen molar-refractivity contribution in [2.24, 2.45) is 7.05 Å². The summed E-state index contributed by atoms with van der Waals surface area (Å²) in [5.74, 6) is 0.940. The highest BCUT2D eigenvalue weighted by Gasteiger charge is 2.31. The van der Waals surface area contributed by atoms with Crippen molar-refractivity contribution in [2.75, 3.05) is 36.8 Å². The first-order valence-electron chi connectivity index (χ1n) is 10.5. The van der Waals surface area contributed by atoms with Gasteiger partial charge >= 0.3 is 6.18 Å². The molecule has 1 aliphatic rings. The predicted octanol–water partition coefficient (Wildman–Crippen LogP) is 4.25. The van der Waals surface area contributed by atoms with Gasteiger partial charge in [-0.3, -0.25) is 4.79 Å². The van der Waals surface area contributed by atoms with E-state index in [2.05, 4.69) is 10.2 Å². The van der Waals surface area contributed by atoms with E-state index in [9.17, 15) is 18.0 Å². The molecule has 0 aliphatic carbocycles. The van der Waals surface area contributed by atoms with Crippen LogP contribution in [0.3, 0.4) is 0 Å². The van der Waals surface area contributed by atoms with Gasteiger partial charge in [0.1, 0.15) is 0 Å². The lowest BCUT2D eigenvalue weighted by Gasteiger charge is -2.36. The van der Waals surface area contributed by atoms with E-state index in [-0.39, 0.29) is 11.7 Å². The van der Waals surface area contributed by atoms with E-state index in [1.54, 1.807) is 11.0 Å². The maximum atomic E-state index is 13.0. The minimum Gasteiger partial charge on any atom is -0.368 e. The monoisotopic (exact) mass is 475 g/mol. The first-order valence-corrected chi connectivity index (χ1v) is 11.5. The SMILES string of the molecule is Cc1cccc(-c2nnc(SCC(=O)N3CCN(c4cccc(C(F)(F)F)c4)CC3)n2C)c1. The summed E-state index contributed by atoms with van der Waals surface area (Å²) < 4.78 is 40.8. The normalized spacial score (nSPS) is 14.6. The maximum Gasteiger partial charge on any atom is 0.416 e. The van der Waals surface area contributed by atoms with E-state index in [1.165, 1.54) is 17.8 Å². The molecule has 1 saturated heterocycles. The standard InChI is InChI=1S/C23H24F3N5OS/c1-16-5-3-6-17(13-16)21-27-28-22(29(21)2)33-15-20(32)31-11-9-30(10-12-31)19-8-4-7-18(14-19)23(24,25)26/h3-8,13-14H,9-12,15H2,1-2H3. The second kappa shape index (κ2) is 9.46. The minimum atomic E-state index is -4.37. The first-order chi connectivity index (χ1) is 15.7. The number of halogens is 3. The highest BCUT2D eigenvalue weighted by Crippen LogP contribution is 2.32. The number of rotatable bonds is 5. The quantitative estimate of drug-likeness (QED) is 0.517. The molecule has 33 heavy (non-hydrogen) atoms. The van der Waals surface area contributed by atoms with Crippen molar-refractivity contribution in [1.29, 1.82) is 0 Å². The summed E-state index contributed by atoms with van der Waals surface area (Å²) in [4.78, 5) is 16.3. The van der Waals surface area contributed by atoms with E-state index >= 15 is 0 Å². The number of piperazine rings is 1. The average Bonchev–Trinajstić information content (AvgIpc) is 3.17. The Morgan fingerprint density at radius 2 is 1.76 bits per heavy atom. The van der Waals surface area contributed by atoms with Crippen LogP contribution in [0.5, 0.6) is 0 Å². The fraction of sp³-hybridized carbons (Fsp3) is 0.348. The number of anilines is 1. The van der Waals surface area contributed by atoms with Gasteiger partial charge in [0.15, 0.2) is 11.0 Å². The number of nitrogens with zero attached hydrogens (tertiary/aromatic N) is 5. The number of aromatic nitrogens is 3. The van der Waals surface area contributed by atoms with Gasteiger partial charge in [-0.1, -0.05) is 41.6 Å².